The highest BCUT2D eigenvalue weighted by Crippen LogP contribution is 2.37. The molecule has 6 rings (SSSR count). The minimum Gasteiger partial charge on any atom is -0.447 e. The van der Waals surface area contributed by atoms with Gasteiger partial charge in [-0.05, 0) is 55.5 Å². The Bertz CT molecular complexity index is 1610. The van der Waals surface area contributed by atoms with Crippen LogP contribution in [0.5, 0.6) is 0 Å². The Hall–Kier alpha value is -3.43. The van der Waals surface area contributed by atoms with Crippen molar-refractivity contribution >= 4 is 45.6 Å². The zero-order chi connectivity index (χ0) is 27.3. The molecule has 0 bridgehead atoms. The van der Waals surface area contributed by atoms with E-state index in [2.05, 4.69) is 19.2 Å². The lowest BCUT2D eigenvalue weighted by atomic mass is 9.97. The van der Waals surface area contributed by atoms with Crippen LogP contribution in [-0.2, 0) is 11.3 Å². The number of fused-ring (bicyclic) bond motifs is 2. The molecule has 202 valence electrons. The summed E-state index contributed by atoms with van der Waals surface area (Å²) in [4.78, 5) is 38.4. The third-order valence-electron chi connectivity index (χ3n) is 7.57. The number of benzene rings is 2. The monoisotopic (exact) mass is 563 g/mol. The molecular weight excluding hydrogens is 534 g/mol. The van der Waals surface area contributed by atoms with Crippen molar-refractivity contribution in [2.24, 2.45) is 0 Å². The lowest BCUT2D eigenvalue weighted by Gasteiger charge is -2.33. The molecule has 1 N–H and O–H groups in total. The number of hydrogen-bond donors (Lipinski definition) is 1. The third kappa shape index (κ3) is 5.01. The van der Waals surface area contributed by atoms with E-state index in [0.717, 1.165) is 34.7 Å². The van der Waals surface area contributed by atoms with Crippen LogP contribution in [0, 0.1) is 6.92 Å². The molecule has 39 heavy (non-hydrogen) atoms. The predicted octanol–water partition coefficient (Wildman–Crippen LogP) is 6.05. The minimum absolute atomic E-state index is 0.0704. The Labute approximate surface area is 235 Å². The third-order valence-corrected chi connectivity index (χ3v) is 9.15. The highest BCUT2D eigenvalue weighted by molar-refractivity contribution is 7.15. The van der Waals surface area contributed by atoms with Gasteiger partial charge in [-0.1, -0.05) is 37.6 Å². The lowest BCUT2D eigenvalue weighted by molar-refractivity contribution is 0.153. The average Bonchev–Trinajstić information content (AvgIpc) is 3.55. The van der Waals surface area contributed by atoms with Gasteiger partial charge in [0, 0.05) is 39.9 Å². The second kappa shape index (κ2) is 10.3. The van der Waals surface area contributed by atoms with Crippen molar-refractivity contribution in [1.29, 1.82) is 0 Å². The fourth-order valence-electron chi connectivity index (χ4n) is 5.36. The van der Waals surface area contributed by atoms with Gasteiger partial charge in [-0.15, -0.1) is 11.3 Å². The zero-order valence-corrected chi connectivity index (χ0v) is 23.7. The summed E-state index contributed by atoms with van der Waals surface area (Å²) in [6.07, 6.45) is 3.29. The number of aromatic nitrogens is 3. The van der Waals surface area contributed by atoms with E-state index in [-0.39, 0.29) is 23.7 Å². The van der Waals surface area contributed by atoms with E-state index in [0.29, 0.717) is 47.4 Å². The Balaban J connectivity index is 1.41. The maximum absolute atomic E-state index is 13.8. The van der Waals surface area contributed by atoms with Crippen LogP contribution in [0.1, 0.15) is 48.9 Å². The van der Waals surface area contributed by atoms with Crippen LogP contribution in [-0.4, -0.2) is 50.8 Å². The van der Waals surface area contributed by atoms with E-state index >= 15 is 0 Å². The first kappa shape index (κ1) is 25.8. The molecule has 10 heteroatoms. The molecule has 0 spiro atoms. The average molecular weight is 564 g/mol. The molecule has 4 heterocycles. The number of rotatable bonds is 6. The second-order valence-corrected chi connectivity index (χ2v) is 12.1. The summed E-state index contributed by atoms with van der Waals surface area (Å²) in [5.41, 5.74) is 3.33. The van der Waals surface area contributed by atoms with E-state index in [1.807, 2.05) is 54.4 Å². The Morgan fingerprint density at radius 2 is 2.00 bits per heavy atom. The molecule has 0 radical (unpaired) electrons. The molecule has 2 aromatic carbocycles. The van der Waals surface area contributed by atoms with Gasteiger partial charge in [0.2, 0.25) is 0 Å². The molecule has 2 aliphatic rings. The fourth-order valence-corrected chi connectivity index (χ4v) is 6.44. The van der Waals surface area contributed by atoms with Gasteiger partial charge in [0.25, 0.3) is 5.56 Å². The van der Waals surface area contributed by atoms with Gasteiger partial charge < -0.3 is 15.0 Å². The number of halogens is 1. The van der Waals surface area contributed by atoms with Crippen LogP contribution in [0.25, 0.3) is 21.5 Å². The largest absolute Gasteiger partial charge is 0.447 e. The van der Waals surface area contributed by atoms with Gasteiger partial charge in [0.05, 0.1) is 23.5 Å². The van der Waals surface area contributed by atoms with E-state index in [1.165, 1.54) is 4.88 Å². The molecule has 2 atom stereocenters. The SMILES string of the molecule is Cc1nc2cc(-c3ncc(C(C)C)s3)c(N[C@H]3CCN4C(=O)OC[C@@H]4C3)cc2c(=O)n1Cc1ccc(Cl)cc1. The maximum Gasteiger partial charge on any atom is 0.410 e. The quantitative estimate of drug-likeness (QED) is 0.307. The van der Waals surface area contributed by atoms with Crippen LogP contribution in [0.3, 0.4) is 0 Å². The van der Waals surface area contributed by atoms with Crippen molar-refractivity contribution in [3.63, 3.8) is 0 Å². The number of cyclic esters (lactones) is 1. The second-order valence-electron chi connectivity index (χ2n) is 10.6. The number of carbonyl (C=O) groups is 1. The maximum atomic E-state index is 13.8. The number of piperidine rings is 1. The summed E-state index contributed by atoms with van der Waals surface area (Å²) in [5.74, 6) is 1.02. The number of thiazole rings is 1. The molecule has 8 nitrogen and oxygen atoms in total. The number of carbonyl (C=O) groups excluding carboxylic acids is 1. The first-order chi connectivity index (χ1) is 18.8. The topological polar surface area (TPSA) is 89.4 Å². The summed E-state index contributed by atoms with van der Waals surface area (Å²) in [6, 6.07) is 11.6. The number of hydrogen-bond acceptors (Lipinski definition) is 7. The first-order valence-electron chi connectivity index (χ1n) is 13.2. The number of amides is 1. The molecule has 2 saturated heterocycles. The van der Waals surface area contributed by atoms with Gasteiger partial charge in [-0.2, -0.15) is 0 Å². The molecular formula is C29H30ClN5O3S. The molecule has 2 aliphatic heterocycles. The summed E-state index contributed by atoms with van der Waals surface area (Å²) in [6.45, 7) is 7.65. The Kier molecular flexibility index (Phi) is 6.81. The summed E-state index contributed by atoms with van der Waals surface area (Å²) >= 11 is 7.72. The summed E-state index contributed by atoms with van der Waals surface area (Å²) < 4.78 is 6.96. The van der Waals surface area contributed by atoms with E-state index < -0.39 is 0 Å². The number of nitrogens with one attached hydrogen (secondary N) is 1. The first-order valence-corrected chi connectivity index (χ1v) is 14.4. The van der Waals surface area contributed by atoms with E-state index in [4.69, 9.17) is 26.3 Å². The molecule has 2 fully saturated rings. The number of aryl methyl sites for hydroxylation is 1. The Morgan fingerprint density at radius 1 is 1.21 bits per heavy atom. The van der Waals surface area contributed by atoms with Crippen LogP contribution in [0.2, 0.25) is 5.02 Å². The molecule has 0 aliphatic carbocycles. The van der Waals surface area contributed by atoms with E-state index in [9.17, 15) is 9.59 Å². The van der Waals surface area contributed by atoms with Crippen molar-refractivity contribution in [2.45, 2.75) is 58.2 Å². The molecule has 0 unspecified atom stereocenters. The Morgan fingerprint density at radius 3 is 2.74 bits per heavy atom. The molecule has 0 saturated carbocycles. The van der Waals surface area contributed by atoms with Gasteiger partial charge in [0.1, 0.15) is 17.4 Å². The van der Waals surface area contributed by atoms with Crippen molar-refractivity contribution in [1.82, 2.24) is 19.4 Å². The number of nitrogens with zero attached hydrogens (tertiary/aromatic N) is 4. The smallest absolute Gasteiger partial charge is 0.410 e. The molecule has 4 aromatic rings. The fraction of sp³-hybridized carbons (Fsp3) is 0.379. The van der Waals surface area contributed by atoms with Crippen LogP contribution in [0.4, 0.5) is 10.5 Å². The van der Waals surface area contributed by atoms with Crippen molar-refractivity contribution < 1.29 is 9.53 Å². The number of ether oxygens (including phenoxy) is 1. The van der Waals surface area contributed by atoms with Crippen LogP contribution < -0.4 is 10.9 Å². The van der Waals surface area contributed by atoms with E-state index in [1.54, 1.807) is 15.9 Å². The molecule has 1 amide bonds. The normalized spacial score (nSPS) is 19.0. The number of anilines is 1. The van der Waals surface area contributed by atoms with Crippen LogP contribution >= 0.6 is 22.9 Å². The van der Waals surface area contributed by atoms with Crippen molar-refractivity contribution in [2.75, 3.05) is 18.5 Å². The predicted molar refractivity (Wildman–Crippen MR) is 155 cm³/mol. The van der Waals surface area contributed by atoms with Crippen LogP contribution in [0.15, 0.2) is 47.4 Å². The summed E-state index contributed by atoms with van der Waals surface area (Å²) in [5, 5.41) is 5.81. The molecule has 2 aromatic heterocycles. The van der Waals surface area contributed by atoms with Gasteiger partial charge in [-0.25, -0.2) is 14.8 Å². The van der Waals surface area contributed by atoms with Gasteiger partial charge in [0.15, 0.2) is 0 Å². The van der Waals surface area contributed by atoms with Gasteiger partial charge in [-0.3, -0.25) is 9.36 Å². The van der Waals surface area contributed by atoms with Crippen molar-refractivity contribution in [3.8, 4) is 10.6 Å². The lowest BCUT2D eigenvalue weighted by Crippen LogP contribution is -2.45. The van der Waals surface area contributed by atoms with Crippen molar-refractivity contribution in [3.05, 3.63) is 74.2 Å². The highest BCUT2D eigenvalue weighted by Gasteiger charge is 2.38. The van der Waals surface area contributed by atoms with Gasteiger partial charge >= 0.3 is 6.09 Å². The minimum atomic E-state index is -0.225. The standard InChI is InChI=1S/C29H30ClN5O3S/c1-16(2)26-13-31-27(39-26)22-11-25-23(12-24(22)33-20-8-9-34-21(10-20)15-38-29(34)37)28(36)35(17(3)32-25)14-18-4-6-19(30)7-5-18/h4-7,11-13,16,20-21,33H,8-10,14-15H2,1-3H3/t20-,21-/m0/s1. The summed E-state index contributed by atoms with van der Waals surface area (Å²) in [7, 11) is 0. The highest BCUT2D eigenvalue weighted by atomic mass is 35.5. The zero-order valence-electron chi connectivity index (χ0n) is 22.1.